The average Bonchev–Trinajstić information content (AvgIpc) is 2.54. The topological polar surface area (TPSA) is 3.24 Å². The number of benzene rings is 1. The van der Waals surface area contributed by atoms with Crippen molar-refractivity contribution in [2.75, 3.05) is 18.0 Å². The van der Waals surface area contributed by atoms with Gasteiger partial charge in [0, 0.05) is 18.8 Å². The molecule has 0 N–H and O–H groups in total. The maximum absolute atomic E-state index is 2.49. The van der Waals surface area contributed by atoms with Crippen LogP contribution in [-0.4, -0.2) is 13.1 Å². The normalized spacial score (nSPS) is 15.9. The van der Waals surface area contributed by atoms with Crippen molar-refractivity contribution in [2.45, 2.75) is 68.7 Å². The Bertz CT molecular complexity index is 256. The van der Waals surface area contributed by atoms with Crippen LogP contribution in [0.5, 0.6) is 0 Å². The summed E-state index contributed by atoms with van der Waals surface area (Å²) in [5.74, 6) is 0.856. The second-order valence-corrected chi connectivity index (χ2v) is 4.03. The second kappa shape index (κ2) is 18.0. The van der Waals surface area contributed by atoms with Gasteiger partial charge in [-0.3, -0.25) is 0 Å². The lowest BCUT2D eigenvalue weighted by molar-refractivity contribution is 0.447. The smallest absolute Gasteiger partial charge is 0.0366 e. The van der Waals surface area contributed by atoms with Crippen molar-refractivity contribution in [1.29, 1.82) is 0 Å². The minimum absolute atomic E-state index is 0. The number of para-hydroxylation sites is 1. The molecule has 1 nitrogen and oxygen atoms in total. The molecule has 1 heteroatoms. The molecule has 1 aromatic rings. The number of hydrogen-bond donors (Lipinski definition) is 0. The summed E-state index contributed by atoms with van der Waals surface area (Å²) in [6.45, 7) is 16.8. The van der Waals surface area contributed by atoms with Crippen molar-refractivity contribution in [3.63, 3.8) is 0 Å². The van der Waals surface area contributed by atoms with Gasteiger partial charge in [-0.15, -0.1) is 0 Å². The molecule has 0 bridgehead atoms. The maximum Gasteiger partial charge on any atom is 0.0366 e. The number of anilines is 1. The fourth-order valence-electron chi connectivity index (χ4n) is 2.06. The Morgan fingerprint density at radius 1 is 0.900 bits per heavy atom. The van der Waals surface area contributed by atoms with Crippen molar-refractivity contribution < 1.29 is 0 Å². The number of piperidine rings is 1. The van der Waals surface area contributed by atoms with E-state index in [2.05, 4.69) is 42.2 Å². The van der Waals surface area contributed by atoms with Gasteiger partial charge in [0.15, 0.2) is 0 Å². The minimum Gasteiger partial charge on any atom is -0.371 e. The van der Waals surface area contributed by atoms with Gasteiger partial charge in [-0.25, -0.2) is 0 Å². The van der Waals surface area contributed by atoms with E-state index >= 15 is 0 Å². The standard InChI is InChI=1S/C12H17N.3C2H6.CH4/c1-11-6-5-9-13(10-11)12-7-3-2-4-8-12;3*1-2;/h2-4,7-8,11H,5-6,9-10H2,1H3;3*1-2H3;1H4. The van der Waals surface area contributed by atoms with Crippen molar-refractivity contribution in [2.24, 2.45) is 5.92 Å². The molecular formula is C19H39N. The van der Waals surface area contributed by atoms with Crippen LogP contribution in [0, 0.1) is 5.92 Å². The highest BCUT2D eigenvalue weighted by atomic mass is 15.1. The predicted octanol–water partition coefficient (Wildman–Crippen LogP) is 6.64. The third-order valence-electron chi connectivity index (χ3n) is 2.78. The van der Waals surface area contributed by atoms with Crippen LogP contribution in [-0.2, 0) is 0 Å². The molecule has 0 saturated carbocycles. The maximum atomic E-state index is 2.49. The number of rotatable bonds is 1. The molecule has 0 radical (unpaired) electrons. The van der Waals surface area contributed by atoms with Gasteiger partial charge < -0.3 is 4.90 Å². The Balaban J connectivity index is -0.000000368. The van der Waals surface area contributed by atoms with Gasteiger partial charge in [0.2, 0.25) is 0 Å². The third-order valence-corrected chi connectivity index (χ3v) is 2.78. The molecule has 1 heterocycles. The first kappa shape index (κ1) is 24.1. The first-order valence-electron chi connectivity index (χ1n) is 8.16. The van der Waals surface area contributed by atoms with Crippen LogP contribution in [0.15, 0.2) is 30.3 Å². The summed E-state index contributed by atoms with van der Waals surface area (Å²) in [5.41, 5.74) is 1.38. The van der Waals surface area contributed by atoms with Crippen molar-refractivity contribution in [3.05, 3.63) is 30.3 Å². The van der Waals surface area contributed by atoms with E-state index in [1.54, 1.807) is 0 Å². The highest BCUT2D eigenvalue weighted by Crippen LogP contribution is 2.21. The van der Waals surface area contributed by atoms with Crippen LogP contribution in [0.4, 0.5) is 5.69 Å². The largest absolute Gasteiger partial charge is 0.371 e. The summed E-state index contributed by atoms with van der Waals surface area (Å²) < 4.78 is 0. The molecule has 0 spiro atoms. The molecule has 0 aliphatic carbocycles. The molecule has 1 aliphatic rings. The van der Waals surface area contributed by atoms with Gasteiger partial charge in [-0.2, -0.15) is 0 Å². The van der Waals surface area contributed by atoms with Gasteiger partial charge in [-0.05, 0) is 30.9 Å². The molecule has 0 aromatic heterocycles. The van der Waals surface area contributed by atoms with Gasteiger partial charge in [0.25, 0.3) is 0 Å². The van der Waals surface area contributed by atoms with E-state index < -0.39 is 0 Å². The van der Waals surface area contributed by atoms with Gasteiger partial charge in [0.05, 0.1) is 0 Å². The lowest BCUT2D eigenvalue weighted by atomic mass is 10.00. The van der Waals surface area contributed by atoms with E-state index in [0.29, 0.717) is 0 Å². The molecule has 1 fully saturated rings. The summed E-state index contributed by atoms with van der Waals surface area (Å²) in [6, 6.07) is 10.7. The van der Waals surface area contributed by atoms with Gasteiger partial charge in [-0.1, -0.05) is 74.1 Å². The zero-order valence-corrected chi connectivity index (χ0v) is 14.2. The minimum atomic E-state index is 0. The lowest BCUT2D eigenvalue weighted by Gasteiger charge is -2.32. The fraction of sp³-hybridized carbons (Fsp3) is 0.684. The Kier molecular flexibility index (Phi) is 21.7. The van der Waals surface area contributed by atoms with Crippen LogP contribution in [0.3, 0.4) is 0 Å². The van der Waals surface area contributed by atoms with Crippen molar-refractivity contribution >= 4 is 5.69 Å². The zero-order valence-electron chi connectivity index (χ0n) is 14.2. The molecule has 1 saturated heterocycles. The first-order valence-corrected chi connectivity index (χ1v) is 8.16. The molecule has 1 aromatic carbocycles. The van der Waals surface area contributed by atoms with Gasteiger partial charge >= 0.3 is 0 Å². The van der Waals surface area contributed by atoms with Crippen molar-refractivity contribution in [3.8, 4) is 0 Å². The summed E-state index contributed by atoms with van der Waals surface area (Å²) in [7, 11) is 0. The van der Waals surface area contributed by atoms with E-state index in [0.717, 1.165) is 5.92 Å². The van der Waals surface area contributed by atoms with E-state index in [4.69, 9.17) is 0 Å². The molecule has 1 unspecified atom stereocenters. The molecule has 120 valence electrons. The Labute approximate surface area is 129 Å². The van der Waals surface area contributed by atoms with E-state index in [1.807, 2.05) is 41.5 Å². The van der Waals surface area contributed by atoms with Crippen LogP contribution >= 0.6 is 0 Å². The quantitative estimate of drug-likeness (QED) is 0.558. The van der Waals surface area contributed by atoms with Gasteiger partial charge in [0.1, 0.15) is 0 Å². The fourth-order valence-corrected chi connectivity index (χ4v) is 2.06. The Hall–Kier alpha value is -0.980. The molecule has 2 rings (SSSR count). The Morgan fingerprint density at radius 2 is 1.40 bits per heavy atom. The van der Waals surface area contributed by atoms with Crippen LogP contribution in [0.2, 0.25) is 0 Å². The van der Waals surface area contributed by atoms with Crippen LogP contribution < -0.4 is 4.90 Å². The lowest BCUT2D eigenvalue weighted by Crippen LogP contribution is -2.34. The first-order chi connectivity index (χ1) is 9.36. The Morgan fingerprint density at radius 3 is 1.85 bits per heavy atom. The molecular weight excluding hydrogens is 242 g/mol. The zero-order chi connectivity index (χ0) is 15.1. The van der Waals surface area contributed by atoms with Crippen LogP contribution in [0.25, 0.3) is 0 Å². The summed E-state index contributed by atoms with van der Waals surface area (Å²) in [4.78, 5) is 2.49. The molecule has 20 heavy (non-hydrogen) atoms. The third kappa shape index (κ3) is 9.89. The van der Waals surface area contributed by atoms with E-state index in [-0.39, 0.29) is 7.43 Å². The highest BCUT2D eigenvalue weighted by Gasteiger charge is 2.15. The number of nitrogens with zero attached hydrogens (tertiary/aromatic N) is 1. The van der Waals surface area contributed by atoms with E-state index in [1.165, 1.54) is 31.6 Å². The summed E-state index contributed by atoms with van der Waals surface area (Å²) in [5, 5.41) is 0. The summed E-state index contributed by atoms with van der Waals surface area (Å²) >= 11 is 0. The highest BCUT2D eigenvalue weighted by molar-refractivity contribution is 5.46. The predicted molar refractivity (Wildman–Crippen MR) is 97.8 cm³/mol. The average molecular weight is 282 g/mol. The number of hydrogen-bond acceptors (Lipinski definition) is 1. The molecule has 1 atom stereocenters. The monoisotopic (exact) mass is 281 g/mol. The summed E-state index contributed by atoms with van der Waals surface area (Å²) in [6.07, 6.45) is 2.74. The van der Waals surface area contributed by atoms with Crippen molar-refractivity contribution in [1.82, 2.24) is 0 Å². The molecule has 0 amide bonds. The second-order valence-electron chi connectivity index (χ2n) is 4.03. The van der Waals surface area contributed by atoms with Crippen LogP contribution in [0.1, 0.15) is 68.7 Å². The van der Waals surface area contributed by atoms with E-state index in [9.17, 15) is 0 Å². The molecule has 1 aliphatic heterocycles. The SMILES string of the molecule is C.CC.CC.CC.CC1CCCN(c2ccccc2)C1.